The molecule has 20 heavy (non-hydrogen) atoms. The highest BCUT2D eigenvalue weighted by atomic mass is 16.5. The van der Waals surface area contributed by atoms with E-state index in [4.69, 9.17) is 4.74 Å². The molecule has 3 atom stereocenters. The largest absolute Gasteiger partial charge is 0.493 e. The lowest BCUT2D eigenvalue weighted by molar-refractivity contribution is 0.0421. The summed E-state index contributed by atoms with van der Waals surface area (Å²) in [6.45, 7) is 2.63. The second kappa shape index (κ2) is 7.65. The van der Waals surface area contributed by atoms with Crippen molar-refractivity contribution >= 4 is 0 Å². The first-order valence-corrected chi connectivity index (χ1v) is 7.79. The van der Waals surface area contributed by atoms with Gasteiger partial charge in [-0.25, -0.2) is 0 Å². The smallest absolute Gasteiger partial charge is 0.119 e. The minimum absolute atomic E-state index is 0.224. The van der Waals surface area contributed by atoms with Crippen molar-refractivity contribution in [2.45, 2.75) is 57.7 Å². The molecule has 2 N–H and O–H groups in total. The van der Waals surface area contributed by atoms with E-state index in [1.807, 2.05) is 24.3 Å². The highest BCUT2D eigenvalue weighted by Gasteiger charge is 2.23. The summed E-state index contributed by atoms with van der Waals surface area (Å²) >= 11 is 0. The van der Waals surface area contributed by atoms with E-state index < -0.39 is 6.10 Å². The maximum Gasteiger partial charge on any atom is 0.119 e. The highest BCUT2D eigenvalue weighted by molar-refractivity contribution is 5.29. The van der Waals surface area contributed by atoms with Gasteiger partial charge in [-0.2, -0.15) is 0 Å². The van der Waals surface area contributed by atoms with E-state index in [-0.39, 0.29) is 12.0 Å². The van der Waals surface area contributed by atoms with E-state index in [2.05, 4.69) is 6.92 Å². The van der Waals surface area contributed by atoms with Crippen molar-refractivity contribution in [3.8, 4) is 5.75 Å². The Morgan fingerprint density at radius 3 is 2.85 bits per heavy atom. The van der Waals surface area contributed by atoms with E-state index >= 15 is 0 Å². The third kappa shape index (κ3) is 4.22. The van der Waals surface area contributed by atoms with Gasteiger partial charge in [0.2, 0.25) is 0 Å². The molecule has 0 spiro atoms. The predicted octanol–water partition coefficient (Wildman–Crippen LogP) is 3.45. The monoisotopic (exact) mass is 278 g/mol. The van der Waals surface area contributed by atoms with Gasteiger partial charge in [0.05, 0.1) is 18.8 Å². The molecule has 0 bridgehead atoms. The van der Waals surface area contributed by atoms with Crippen LogP contribution >= 0.6 is 0 Å². The van der Waals surface area contributed by atoms with Gasteiger partial charge in [-0.1, -0.05) is 38.3 Å². The van der Waals surface area contributed by atoms with Crippen molar-refractivity contribution in [2.75, 3.05) is 6.61 Å². The molecule has 1 aromatic carbocycles. The highest BCUT2D eigenvalue weighted by Crippen LogP contribution is 2.27. The normalized spacial score (nSPS) is 24.4. The summed E-state index contributed by atoms with van der Waals surface area (Å²) in [5.74, 6) is 1.03. The maximum atomic E-state index is 10.0. The zero-order chi connectivity index (χ0) is 14.4. The van der Waals surface area contributed by atoms with E-state index in [1.165, 1.54) is 6.42 Å². The molecular formula is C17H26O3. The molecule has 0 heterocycles. The van der Waals surface area contributed by atoms with Crippen LogP contribution in [-0.4, -0.2) is 22.9 Å². The summed E-state index contributed by atoms with van der Waals surface area (Å²) in [6.07, 6.45) is 5.33. The first kappa shape index (κ1) is 15.3. The quantitative estimate of drug-likeness (QED) is 0.838. The van der Waals surface area contributed by atoms with Crippen LogP contribution in [0, 0.1) is 5.92 Å². The van der Waals surface area contributed by atoms with Crippen LogP contribution in [0.15, 0.2) is 24.3 Å². The topological polar surface area (TPSA) is 49.7 Å². The summed E-state index contributed by atoms with van der Waals surface area (Å²) in [5.41, 5.74) is 0.911. The standard InChI is InChI=1S/C17H26O3/c1-2-6-16(18)13-8-5-9-15(11-13)20-12-14-7-3-4-10-17(14)19/h5,8-9,11,14,16-19H,2-4,6-7,10,12H2,1H3/t14-,16+,17+/m0/s1. The SMILES string of the molecule is CCC[C@@H](O)c1cccc(OC[C@@H]2CCCC[C@H]2O)c1. The van der Waals surface area contributed by atoms with Crippen molar-refractivity contribution < 1.29 is 14.9 Å². The Morgan fingerprint density at radius 1 is 1.30 bits per heavy atom. The summed E-state index contributed by atoms with van der Waals surface area (Å²) in [6, 6.07) is 7.68. The number of hydrogen-bond donors (Lipinski definition) is 2. The Kier molecular flexibility index (Phi) is 5.86. The molecule has 3 heteroatoms. The molecule has 0 amide bonds. The van der Waals surface area contributed by atoms with Gasteiger partial charge in [-0.05, 0) is 37.0 Å². The Hall–Kier alpha value is -1.06. The minimum atomic E-state index is -0.413. The van der Waals surface area contributed by atoms with Gasteiger partial charge in [-0.3, -0.25) is 0 Å². The molecular weight excluding hydrogens is 252 g/mol. The van der Waals surface area contributed by atoms with Crippen molar-refractivity contribution in [3.63, 3.8) is 0 Å². The second-order valence-electron chi connectivity index (χ2n) is 5.80. The second-order valence-corrected chi connectivity index (χ2v) is 5.80. The minimum Gasteiger partial charge on any atom is -0.493 e. The lowest BCUT2D eigenvalue weighted by Gasteiger charge is -2.27. The summed E-state index contributed by atoms with van der Waals surface area (Å²) in [4.78, 5) is 0. The van der Waals surface area contributed by atoms with Gasteiger partial charge in [0.15, 0.2) is 0 Å². The molecule has 0 aliphatic heterocycles. The Morgan fingerprint density at radius 2 is 2.10 bits per heavy atom. The Balaban J connectivity index is 1.90. The number of rotatable bonds is 6. The molecule has 1 fully saturated rings. The first-order chi connectivity index (χ1) is 9.70. The third-order valence-corrected chi connectivity index (χ3v) is 4.14. The van der Waals surface area contributed by atoms with Crippen LogP contribution in [0.25, 0.3) is 0 Å². The number of benzene rings is 1. The van der Waals surface area contributed by atoms with Crippen LogP contribution in [0.4, 0.5) is 0 Å². The van der Waals surface area contributed by atoms with Gasteiger partial charge in [-0.15, -0.1) is 0 Å². The average molecular weight is 278 g/mol. The summed E-state index contributed by atoms with van der Waals surface area (Å²) in [7, 11) is 0. The molecule has 1 aromatic rings. The van der Waals surface area contributed by atoms with Crippen LogP contribution in [0.1, 0.15) is 57.1 Å². The third-order valence-electron chi connectivity index (χ3n) is 4.14. The van der Waals surface area contributed by atoms with Gasteiger partial charge < -0.3 is 14.9 Å². The zero-order valence-electron chi connectivity index (χ0n) is 12.3. The first-order valence-electron chi connectivity index (χ1n) is 7.79. The molecule has 1 aliphatic carbocycles. The average Bonchev–Trinajstić information content (AvgIpc) is 2.47. The summed E-state index contributed by atoms with van der Waals surface area (Å²) < 4.78 is 5.81. The van der Waals surface area contributed by atoms with Crippen LogP contribution in [-0.2, 0) is 0 Å². The van der Waals surface area contributed by atoms with Crippen LogP contribution in [0.5, 0.6) is 5.75 Å². The number of aliphatic hydroxyl groups excluding tert-OH is 2. The summed E-state index contributed by atoms with van der Waals surface area (Å²) in [5, 5.41) is 19.9. The molecule has 0 aromatic heterocycles. The number of hydrogen-bond acceptors (Lipinski definition) is 3. The van der Waals surface area contributed by atoms with Gasteiger partial charge >= 0.3 is 0 Å². The fraction of sp³-hybridized carbons (Fsp3) is 0.647. The fourth-order valence-electron chi connectivity index (χ4n) is 2.84. The molecule has 2 rings (SSSR count). The van der Waals surface area contributed by atoms with E-state index in [9.17, 15) is 10.2 Å². The Bertz CT molecular complexity index is 405. The number of aliphatic hydroxyl groups is 2. The molecule has 0 saturated heterocycles. The van der Waals surface area contributed by atoms with E-state index in [0.717, 1.165) is 43.4 Å². The number of ether oxygens (including phenoxy) is 1. The fourth-order valence-corrected chi connectivity index (χ4v) is 2.84. The van der Waals surface area contributed by atoms with Crippen molar-refractivity contribution in [1.82, 2.24) is 0 Å². The van der Waals surface area contributed by atoms with Crippen molar-refractivity contribution in [2.24, 2.45) is 5.92 Å². The van der Waals surface area contributed by atoms with Crippen LogP contribution < -0.4 is 4.74 Å². The van der Waals surface area contributed by atoms with Crippen molar-refractivity contribution in [3.05, 3.63) is 29.8 Å². The van der Waals surface area contributed by atoms with Crippen molar-refractivity contribution in [1.29, 1.82) is 0 Å². The Labute approximate surface area is 121 Å². The lowest BCUT2D eigenvalue weighted by Crippen LogP contribution is -2.29. The van der Waals surface area contributed by atoms with E-state index in [1.54, 1.807) is 0 Å². The zero-order valence-corrected chi connectivity index (χ0v) is 12.3. The molecule has 0 radical (unpaired) electrons. The van der Waals surface area contributed by atoms with Crippen LogP contribution in [0.3, 0.4) is 0 Å². The van der Waals surface area contributed by atoms with E-state index in [0.29, 0.717) is 6.61 Å². The van der Waals surface area contributed by atoms with Gasteiger partial charge in [0.25, 0.3) is 0 Å². The van der Waals surface area contributed by atoms with Gasteiger partial charge in [0.1, 0.15) is 5.75 Å². The molecule has 0 unspecified atom stereocenters. The molecule has 3 nitrogen and oxygen atoms in total. The predicted molar refractivity (Wildman–Crippen MR) is 79.8 cm³/mol. The van der Waals surface area contributed by atoms with Crippen LogP contribution in [0.2, 0.25) is 0 Å². The maximum absolute atomic E-state index is 10.0. The molecule has 1 saturated carbocycles. The lowest BCUT2D eigenvalue weighted by atomic mass is 9.87. The molecule has 1 aliphatic rings. The molecule has 112 valence electrons. The van der Waals surface area contributed by atoms with Gasteiger partial charge in [0, 0.05) is 5.92 Å².